The molecule has 0 aromatic heterocycles. The van der Waals surface area contributed by atoms with Crippen LogP contribution >= 0.6 is 0 Å². The zero-order valence-electron chi connectivity index (χ0n) is 14.8. The number of hydrogen-bond donors (Lipinski definition) is 0. The average Bonchev–Trinajstić information content (AvgIpc) is 2.97. The topological polar surface area (TPSA) is 12.4 Å². The zero-order chi connectivity index (χ0) is 16.9. The maximum atomic E-state index is 4.92. The fourth-order valence-corrected chi connectivity index (χ4v) is 4.13. The van der Waals surface area contributed by atoms with Gasteiger partial charge in [-0.3, -0.25) is 0 Å². The molecule has 0 N–H and O–H groups in total. The van der Waals surface area contributed by atoms with Crippen LogP contribution in [0, 0.1) is 5.41 Å². The fourth-order valence-electron chi connectivity index (χ4n) is 4.13. The van der Waals surface area contributed by atoms with Crippen LogP contribution in [-0.4, -0.2) is 0 Å². The molecule has 1 heterocycles. The molecule has 1 aliphatic carbocycles. The van der Waals surface area contributed by atoms with E-state index in [4.69, 9.17) is 4.99 Å². The maximum absolute atomic E-state index is 4.92. The highest BCUT2D eigenvalue weighted by Gasteiger charge is 2.38. The van der Waals surface area contributed by atoms with Crippen molar-refractivity contribution in [2.75, 3.05) is 0 Å². The molecule has 1 aliphatic heterocycles. The van der Waals surface area contributed by atoms with Gasteiger partial charge in [-0.05, 0) is 43.0 Å². The van der Waals surface area contributed by atoms with Crippen LogP contribution in [0.3, 0.4) is 0 Å². The summed E-state index contributed by atoms with van der Waals surface area (Å²) in [7, 11) is 0. The summed E-state index contributed by atoms with van der Waals surface area (Å²) in [5.74, 6) is 0.404. The van der Waals surface area contributed by atoms with Crippen molar-refractivity contribution in [1.82, 2.24) is 0 Å². The van der Waals surface area contributed by atoms with E-state index in [0.29, 0.717) is 5.92 Å². The van der Waals surface area contributed by atoms with Crippen molar-refractivity contribution in [1.29, 1.82) is 0 Å². The van der Waals surface area contributed by atoms with Crippen molar-refractivity contribution in [3.8, 4) is 0 Å². The highest BCUT2D eigenvalue weighted by atomic mass is 14.8. The molecule has 0 saturated heterocycles. The molecule has 0 saturated carbocycles. The molecule has 2 aliphatic rings. The number of para-hydroxylation sites is 1. The van der Waals surface area contributed by atoms with Crippen molar-refractivity contribution in [2.24, 2.45) is 10.4 Å². The lowest BCUT2D eigenvalue weighted by atomic mass is 9.65. The summed E-state index contributed by atoms with van der Waals surface area (Å²) >= 11 is 0. The van der Waals surface area contributed by atoms with Gasteiger partial charge in [0.2, 0.25) is 0 Å². The minimum Gasteiger partial charge on any atom is -0.248 e. The SMILES string of the molecule is CC1=C(C)C(C)(C(C)c2ccccc2)C=C2N=c3ccccc3=C21. The number of benzene rings is 2. The van der Waals surface area contributed by atoms with E-state index in [2.05, 4.69) is 88.4 Å². The summed E-state index contributed by atoms with van der Waals surface area (Å²) in [4.78, 5) is 4.92. The number of fused-ring (bicyclic) bond motifs is 2. The van der Waals surface area contributed by atoms with Crippen molar-refractivity contribution in [3.05, 3.63) is 93.7 Å². The van der Waals surface area contributed by atoms with Gasteiger partial charge in [-0.15, -0.1) is 0 Å². The van der Waals surface area contributed by atoms with Crippen LogP contribution in [0.15, 0.2) is 82.5 Å². The minimum absolute atomic E-state index is 0.0180. The Labute approximate surface area is 143 Å². The second kappa shape index (κ2) is 5.31. The van der Waals surface area contributed by atoms with Crippen molar-refractivity contribution < 1.29 is 0 Å². The molecule has 2 unspecified atom stereocenters. The number of hydrogen-bond acceptors (Lipinski definition) is 1. The summed E-state index contributed by atoms with van der Waals surface area (Å²) in [6, 6.07) is 19.3. The van der Waals surface area contributed by atoms with Crippen LogP contribution in [0.1, 0.15) is 39.2 Å². The highest BCUT2D eigenvalue weighted by Crippen LogP contribution is 2.50. The standard InChI is InChI=1S/C23H23N/c1-15-16(2)23(4,17(3)18-10-6-5-7-11-18)14-21-22(15)19-12-8-9-13-20(19)24-21/h5-14,17H,1-4H3. The Balaban J connectivity index is 1.93. The van der Waals surface area contributed by atoms with Crippen LogP contribution in [0.2, 0.25) is 0 Å². The molecule has 2 atom stereocenters. The first-order valence-corrected chi connectivity index (χ1v) is 8.67. The first-order valence-electron chi connectivity index (χ1n) is 8.67. The predicted octanol–water partition coefficient (Wildman–Crippen LogP) is 4.51. The minimum atomic E-state index is -0.0180. The van der Waals surface area contributed by atoms with E-state index < -0.39 is 0 Å². The quantitative estimate of drug-likeness (QED) is 0.773. The van der Waals surface area contributed by atoms with E-state index in [1.165, 1.54) is 27.5 Å². The highest BCUT2D eigenvalue weighted by molar-refractivity contribution is 5.82. The summed E-state index contributed by atoms with van der Waals surface area (Å²) in [5.41, 5.74) is 6.65. The smallest absolute Gasteiger partial charge is 0.0716 e. The van der Waals surface area contributed by atoms with E-state index in [0.717, 1.165) is 11.1 Å². The van der Waals surface area contributed by atoms with E-state index in [9.17, 15) is 0 Å². The Morgan fingerprint density at radius 3 is 2.33 bits per heavy atom. The second-order valence-corrected chi connectivity index (χ2v) is 7.20. The van der Waals surface area contributed by atoms with Gasteiger partial charge in [0.15, 0.2) is 0 Å². The third-order valence-corrected chi connectivity index (χ3v) is 6.05. The van der Waals surface area contributed by atoms with Crippen LogP contribution in [0.4, 0.5) is 0 Å². The van der Waals surface area contributed by atoms with Gasteiger partial charge >= 0.3 is 0 Å². The zero-order valence-corrected chi connectivity index (χ0v) is 14.8. The van der Waals surface area contributed by atoms with Gasteiger partial charge in [0.1, 0.15) is 0 Å². The second-order valence-electron chi connectivity index (χ2n) is 7.20. The Morgan fingerprint density at radius 2 is 1.58 bits per heavy atom. The van der Waals surface area contributed by atoms with Crippen LogP contribution in [-0.2, 0) is 0 Å². The maximum Gasteiger partial charge on any atom is 0.0716 e. The van der Waals surface area contributed by atoms with E-state index in [1.807, 2.05) is 0 Å². The molecular formula is C23H23N. The molecule has 0 bridgehead atoms. The molecule has 24 heavy (non-hydrogen) atoms. The number of nitrogens with zero attached hydrogens (tertiary/aromatic N) is 1. The predicted molar refractivity (Wildman–Crippen MR) is 100 cm³/mol. The van der Waals surface area contributed by atoms with Gasteiger partial charge in [0.25, 0.3) is 0 Å². The largest absolute Gasteiger partial charge is 0.248 e. The molecule has 1 nitrogen and oxygen atoms in total. The van der Waals surface area contributed by atoms with Crippen molar-refractivity contribution in [3.63, 3.8) is 0 Å². The molecule has 0 amide bonds. The summed E-state index contributed by atoms with van der Waals surface area (Å²) < 4.78 is 0. The molecule has 120 valence electrons. The van der Waals surface area contributed by atoms with Crippen molar-refractivity contribution >= 4 is 5.57 Å². The van der Waals surface area contributed by atoms with Crippen LogP contribution in [0.5, 0.6) is 0 Å². The van der Waals surface area contributed by atoms with E-state index in [-0.39, 0.29) is 5.41 Å². The molecule has 2 aromatic carbocycles. The summed E-state index contributed by atoms with van der Waals surface area (Å²) in [6.45, 7) is 9.23. The van der Waals surface area contributed by atoms with Gasteiger partial charge in [0, 0.05) is 16.2 Å². The van der Waals surface area contributed by atoms with E-state index >= 15 is 0 Å². The molecule has 0 spiro atoms. The first-order chi connectivity index (χ1) is 11.5. The Morgan fingerprint density at radius 1 is 0.917 bits per heavy atom. The molecule has 2 aromatic rings. The number of allylic oxidation sites excluding steroid dienone is 3. The van der Waals surface area contributed by atoms with Gasteiger partial charge < -0.3 is 0 Å². The fraction of sp³-hybridized carbons (Fsp3) is 0.261. The van der Waals surface area contributed by atoms with Gasteiger partial charge in [-0.1, -0.05) is 68.0 Å². The lowest BCUT2D eigenvalue weighted by Crippen LogP contribution is -2.28. The van der Waals surface area contributed by atoms with Gasteiger partial charge in [-0.2, -0.15) is 0 Å². The molecule has 1 heteroatoms. The number of rotatable bonds is 2. The third kappa shape index (κ3) is 2.04. The Kier molecular flexibility index (Phi) is 3.35. The molecule has 4 rings (SSSR count). The monoisotopic (exact) mass is 313 g/mol. The van der Waals surface area contributed by atoms with Crippen molar-refractivity contribution in [2.45, 2.75) is 33.6 Å². The summed E-state index contributed by atoms with van der Waals surface area (Å²) in [6.07, 6.45) is 2.39. The first kappa shape index (κ1) is 15.1. The Hall–Kier alpha value is -2.41. The van der Waals surface area contributed by atoms with Gasteiger partial charge in [-0.25, -0.2) is 4.99 Å². The lowest BCUT2D eigenvalue weighted by molar-refractivity contribution is 0.416. The summed E-state index contributed by atoms with van der Waals surface area (Å²) in [5, 5.41) is 2.37. The molecule has 0 radical (unpaired) electrons. The van der Waals surface area contributed by atoms with Crippen LogP contribution in [0.25, 0.3) is 5.57 Å². The lowest BCUT2D eigenvalue weighted by Gasteiger charge is -2.39. The normalized spacial score (nSPS) is 23.3. The van der Waals surface area contributed by atoms with Gasteiger partial charge in [0.05, 0.1) is 11.1 Å². The Bertz CT molecular complexity index is 992. The average molecular weight is 313 g/mol. The van der Waals surface area contributed by atoms with Crippen LogP contribution < -0.4 is 10.6 Å². The third-order valence-electron chi connectivity index (χ3n) is 6.05. The molecular weight excluding hydrogens is 290 g/mol. The van der Waals surface area contributed by atoms with E-state index in [1.54, 1.807) is 0 Å². The molecule has 0 fully saturated rings.